The van der Waals surface area contributed by atoms with Crippen LogP contribution in [0.25, 0.3) is 10.9 Å². The highest BCUT2D eigenvalue weighted by Crippen LogP contribution is 2.30. The summed E-state index contributed by atoms with van der Waals surface area (Å²) in [7, 11) is 0. The van der Waals surface area contributed by atoms with Gasteiger partial charge in [-0.1, -0.05) is 31.5 Å². The second kappa shape index (κ2) is 11.7. The predicted molar refractivity (Wildman–Crippen MR) is 150 cm³/mol. The molecule has 0 atom stereocenters. The predicted octanol–water partition coefficient (Wildman–Crippen LogP) is 2.86. The summed E-state index contributed by atoms with van der Waals surface area (Å²) in [6.45, 7) is 2.91. The SMILES string of the molecule is CC(C)(CC(=O)O)Cc1cc(Cl)c(F)c(CNC(=O)CN(C(=O)Cn2nc(C(N)=O)c3ccc(N)cc32)C2CC2)c1. The van der Waals surface area contributed by atoms with Gasteiger partial charge in [-0.25, -0.2) is 4.39 Å². The first-order valence-corrected chi connectivity index (χ1v) is 13.4. The molecule has 1 heterocycles. The van der Waals surface area contributed by atoms with Crippen LogP contribution in [0.5, 0.6) is 0 Å². The third-order valence-electron chi connectivity index (χ3n) is 6.87. The highest BCUT2D eigenvalue weighted by atomic mass is 35.5. The van der Waals surface area contributed by atoms with Crippen LogP contribution in [0.2, 0.25) is 5.02 Å². The first-order chi connectivity index (χ1) is 19.2. The van der Waals surface area contributed by atoms with Gasteiger partial charge in [0.2, 0.25) is 11.8 Å². The lowest BCUT2D eigenvalue weighted by Crippen LogP contribution is -2.43. The number of amides is 3. The maximum absolute atomic E-state index is 14.8. The van der Waals surface area contributed by atoms with Crippen LogP contribution in [-0.4, -0.2) is 56.1 Å². The Hall–Kier alpha value is -4.19. The number of anilines is 1. The first kappa shape index (κ1) is 29.8. The molecular weight excluding hydrogens is 555 g/mol. The molecule has 0 spiro atoms. The first-order valence-electron chi connectivity index (χ1n) is 13.0. The van der Waals surface area contributed by atoms with Crippen molar-refractivity contribution in [2.24, 2.45) is 11.1 Å². The minimum atomic E-state index is -0.941. The molecule has 0 aliphatic heterocycles. The molecule has 0 bridgehead atoms. The molecule has 0 unspecified atom stereocenters. The fourth-order valence-corrected chi connectivity index (χ4v) is 5.15. The third-order valence-corrected chi connectivity index (χ3v) is 7.14. The maximum Gasteiger partial charge on any atom is 0.303 e. The van der Waals surface area contributed by atoms with E-state index in [1.54, 1.807) is 38.1 Å². The van der Waals surface area contributed by atoms with E-state index in [9.17, 15) is 23.6 Å². The van der Waals surface area contributed by atoms with Crippen molar-refractivity contribution >= 4 is 51.9 Å². The van der Waals surface area contributed by atoms with Crippen molar-refractivity contribution < 1.29 is 28.7 Å². The van der Waals surface area contributed by atoms with E-state index in [4.69, 9.17) is 28.2 Å². The number of benzene rings is 2. The quantitative estimate of drug-likeness (QED) is 0.236. The largest absolute Gasteiger partial charge is 0.481 e. The molecule has 13 heteroatoms. The summed E-state index contributed by atoms with van der Waals surface area (Å²) >= 11 is 6.09. The number of carboxylic acids is 1. The Bertz CT molecular complexity index is 1530. The number of hydrogen-bond donors (Lipinski definition) is 4. The van der Waals surface area contributed by atoms with Gasteiger partial charge in [-0.3, -0.25) is 23.9 Å². The van der Waals surface area contributed by atoms with Crippen molar-refractivity contribution in [3.8, 4) is 0 Å². The lowest BCUT2D eigenvalue weighted by atomic mass is 9.82. The van der Waals surface area contributed by atoms with E-state index in [1.165, 1.54) is 15.6 Å². The molecular formula is C28H32ClFN6O5. The Balaban J connectivity index is 1.44. The summed E-state index contributed by atoms with van der Waals surface area (Å²) in [5, 5.41) is 16.3. The number of carboxylic acid groups (broad SMARTS) is 1. The second-order valence-electron chi connectivity index (χ2n) is 11.1. The van der Waals surface area contributed by atoms with Crippen LogP contribution in [0.4, 0.5) is 10.1 Å². The van der Waals surface area contributed by atoms with E-state index in [2.05, 4.69) is 10.4 Å². The lowest BCUT2D eigenvalue weighted by Gasteiger charge is -2.23. The van der Waals surface area contributed by atoms with Crippen LogP contribution in [0.1, 0.15) is 54.7 Å². The topological polar surface area (TPSA) is 174 Å². The number of nitrogens with one attached hydrogen (secondary N) is 1. The third kappa shape index (κ3) is 7.31. The zero-order valence-corrected chi connectivity index (χ0v) is 23.5. The molecule has 6 N–H and O–H groups in total. The van der Waals surface area contributed by atoms with Crippen LogP contribution in [-0.2, 0) is 33.9 Å². The van der Waals surface area contributed by atoms with Crippen molar-refractivity contribution in [2.75, 3.05) is 12.3 Å². The lowest BCUT2D eigenvalue weighted by molar-refractivity contribution is -0.139. The second-order valence-corrected chi connectivity index (χ2v) is 11.5. The van der Waals surface area contributed by atoms with Gasteiger partial charge in [0.1, 0.15) is 12.4 Å². The smallest absolute Gasteiger partial charge is 0.303 e. The zero-order chi connectivity index (χ0) is 30.1. The monoisotopic (exact) mass is 586 g/mol. The molecule has 41 heavy (non-hydrogen) atoms. The van der Waals surface area contributed by atoms with Crippen LogP contribution in [0, 0.1) is 11.2 Å². The number of carbonyl (C=O) groups excluding carboxylic acids is 3. The molecule has 3 aromatic rings. The Morgan fingerprint density at radius 2 is 1.93 bits per heavy atom. The van der Waals surface area contributed by atoms with Gasteiger partial charge in [0, 0.05) is 29.2 Å². The molecule has 4 rings (SSSR count). The fourth-order valence-electron chi connectivity index (χ4n) is 4.89. The molecule has 0 radical (unpaired) electrons. The fraction of sp³-hybridized carbons (Fsp3) is 0.393. The van der Waals surface area contributed by atoms with E-state index in [0.29, 0.717) is 28.6 Å². The standard InChI is InChI=1S/C28H32ClFN6O5/c1-28(2,11-24(39)40)10-15-7-16(25(30)20(29)8-15)12-33-22(37)13-35(18-4-5-18)23(38)14-36-21-9-17(31)3-6-19(21)26(34-36)27(32)41/h3,6-9,18H,4-5,10-14,31H2,1-2H3,(H2,32,41)(H,33,37)(H,39,40). The van der Waals surface area contributed by atoms with Crippen molar-refractivity contribution in [3.63, 3.8) is 0 Å². The molecule has 1 aliphatic carbocycles. The number of rotatable bonds is 12. The van der Waals surface area contributed by atoms with Crippen LogP contribution >= 0.6 is 11.6 Å². The van der Waals surface area contributed by atoms with Gasteiger partial charge in [-0.15, -0.1) is 0 Å². The van der Waals surface area contributed by atoms with Gasteiger partial charge in [0.05, 0.1) is 23.5 Å². The van der Waals surface area contributed by atoms with E-state index < -0.39 is 29.0 Å². The molecule has 1 fully saturated rings. The van der Waals surface area contributed by atoms with Crippen molar-refractivity contribution in [1.29, 1.82) is 0 Å². The van der Waals surface area contributed by atoms with Gasteiger partial charge < -0.3 is 26.8 Å². The number of nitrogen functional groups attached to an aromatic ring is 1. The van der Waals surface area contributed by atoms with E-state index >= 15 is 0 Å². The molecule has 0 saturated heterocycles. The number of nitrogens with zero attached hydrogens (tertiary/aromatic N) is 3. The van der Waals surface area contributed by atoms with Crippen LogP contribution < -0.4 is 16.8 Å². The summed E-state index contributed by atoms with van der Waals surface area (Å²) in [4.78, 5) is 50.6. The molecule has 1 saturated carbocycles. The van der Waals surface area contributed by atoms with Crippen molar-refractivity contribution in [2.45, 2.75) is 58.7 Å². The number of carbonyl (C=O) groups is 4. The number of nitrogens with two attached hydrogens (primary N) is 2. The molecule has 1 aromatic heterocycles. The summed E-state index contributed by atoms with van der Waals surface area (Å²) in [6, 6.07) is 7.69. The summed E-state index contributed by atoms with van der Waals surface area (Å²) in [5.41, 5.74) is 12.4. The van der Waals surface area contributed by atoms with Gasteiger partial charge in [-0.2, -0.15) is 5.10 Å². The summed E-state index contributed by atoms with van der Waals surface area (Å²) in [5.74, 6) is -3.25. The zero-order valence-electron chi connectivity index (χ0n) is 22.7. The van der Waals surface area contributed by atoms with Gasteiger partial charge in [0.15, 0.2) is 5.69 Å². The number of aromatic nitrogens is 2. The molecule has 3 amide bonds. The van der Waals surface area contributed by atoms with Crippen LogP contribution in [0.3, 0.4) is 0 Å². The van der Waals surface area contributed by atoms with Crippen molar-refractivity contribution in [3.05, 3.63) is 58.0 Å². The highest BCUT2D eigenvalue weighted by Gasteiger charge is 2.34. The minimum Gasteiger partial charge on any atom is -0.481 e. The average molecular weight is 587 g/mol. The van der Waals surface area contributed by atoms with E-state index in [0.717, 1.165) is 12.8 Å². The number of halogens is 2. The molecule has 218 valence electrons. The van der Waals surface area contributed by atoms with Gasteiger partial charge in [-0.05, 0) is 54.5 Å². The summed E-state index contributed by atoms with van der Waals surface area (Å²) in [6.07, 6.45) is 1.73. The Kier molecular flexibility index (Phi) is 8.52. The normalized spacial score (nSPS) is 13.3. The molecule has 2 aromatic carbocycles. The Morgan fingerprint density at radius 1 is 1.22 bits per heavy atom. The molecule has 11 nitrogen and oxygen atoms in total. The Labute approximate surface area is 240 Å². The maximum atomic E-state index is 14.8. The molecule has 1 aliphatic rings. The number of primary amides is 1. The van der Waals surface area contributed by atoms with E-state index in [-0.39, 0.29) is 54.3 Å². The highest BCUT2D eigenvalue weighted by molar-refractivity contribution is 6.30. The van der Waals surface area contributed by atoms with Gasteiger partial charge in [0.25, 0.3) is 5.91 Å². The Morgan fingerprint density at radius 3 is 2.56 bits per heavy atom. The minimum absolute atomic E-state index is 0.0118. The number of aliphatic carboxylic acids is 1. The van der Waals surface area contributed by atoms with Crippen molar-refractivity contribution in [1.82, 2.24) is 20.0 Å². The van der Waals surface area contributed by atoms with Crippen LogP contribution in [0.15, 0.2) is 30.3 Å². The average Bonchev–Trinajstić information content (AvgIpc) is 3.64. The van der Waals surface area contributed by atoms with Gasteiger partial charge >= 0.3 is 5.97 Å². The number of fused-ring (bicyclic) bond motifs is 1. The van der Waals surface area contributed by atoms with E-state index in [1.807, 2.05) is 0 Å². The summed E-state index contributed by atoms with van der Waals surface area (Å²) < 4.78 is 16.1. The number of hydrogen-bond acceptors (Lipinski definition) is 6.